The van der Waals surface area contributed by atoms with Crippen molar-refractivity contribution in [3.8, 4) is 0 Å². The highest BCUT2D eigenvalue weighted by Crippen LogP contribution is 2.15. The van der Waals surface area contributed by atoms with E-state index in [0.717, 1.165) is 5.56 Å². The second-order valence-electron chi connectivity index (χ2n) is 3.91. The molecule has 0 aliphatic carbocycles. The summed E-state index contributed by atoms with van der Waals surface area (Å²) >= 11 is 0. The maximum atomic E-state index is 11.4. The Morgan fingerprint density at radius 3 is 2.33 bits per heavy atom. The van der Waals surface area contributed by atoms with Crippen LogP contribution in [0, 0.1) is 0 Å². The summed E-state index contributed by atoms with van der Waals surface area (Å²) in [4.78, 5) is 0. The van der Waals surface area contributed by atoms with Gasteiger partial charge in [0.15, 0.2) is 0 Å². The Kier molecular flexibility index (Phi) is 4.99. The summed E-state index contributed by atoms with van der Waals surface area (Å²) in [6, 6.07) is 8.20. The summed E-state index contributed by atoms with van der Waals surface area (Å²) in [5.74, 6) is 1.44. The molecule has 0 amide bonds. The van der Waals surface area contributed by atoms with E-state index in [4.69, 9.17) is 5.11 Å². The Labute approximate surface area is 93.8 Å². The highest BCUT2D eigenvalue weighted by Gasteiger charge is 2.02. The number of hydrogen-bond donors (Lipinski definition) is 1. The summed E-state index contributed by atoms with van der Waals surface area (Å²) < 4.78 is 11.4. The van der Waals surface area contributed by atoms with Crippen LogP contribution in [0.5, 0.6) is 0 Å². The Morgan fingerprint density at radius 1 is 1.27 bits per heavy atom. The van der Waals surface area contributed by atoms with E-state index in [1.54, 1.807) is 0 Å². The van der Waals surface area contributed by atoms with Crippen molar-refractivity contribution >= 4 is 10.8 Å². The smallest absolute Gasteiger partial charge is 0.0546 e. The zero-order chi connectivity index (χ0) is 11.3. The number of rotatable bonds is 5. The normalized spacial score (nSPS) is 13.1. The molecule has 0 saturated heterocycles. The van der Waals surface area contributed by atoms with E-state index in [1.807, 2.05) is 12.1 Å². The van der Waals surface area contributed by atoms with Crippen LogP contribution in [-0.4, -0.2) is 21.7 Å². The molecule has 2 nitrogen and oxygen atoms in total. The fraction of sp³-hybridized carbons (Fsp3) is 0.500. The van der Waals surface area contributed by atoms with Gasteiger partial charge in [-0.1, -0.05) is 38.1 Å². The van der Waals surface area contributed by atoms with Gasteiger partial charge in [-0.25, -0.2) is 0 Å². The van der Waals surface area contributed by atoms with E-state index >= 15 is 0 Å². The van der Waals surface area contributed by atoms with Crippen molar-refractivity contribution in [1.82, 2.24) is 0 Å². The molecule has 0 spiro atoms. The zero-order valence-electron chi connectivity index (χ0n) is 9.27. The molecular formula is C12H18O2S. The Hall–Kier alpha value is -0.670. The Bertz CT molecular complexity index is 317. The van der Waals surface area contributed by atoms with Crippen LogP contribution >= 0.6 is 0 Å². The van der Waals surface area contributed by atoms with Crippen LogP contribution in [0.1, 0.15) is 30.9 Å². The molecule has 0 aromatic heterocycles. The van der Waals surface area contributed by atoms with Crippen molar-refractivity contribution in [3.05, 3.63) is 35.4 Å². The first kappa shape index (κ1) is 12.4. The van der Waals surface area contributed by atoms with Crippen molar-refractivity contribution in [2.24, 2.45) is 0 Å². The van der Waals surface area contributed by atoms with Gasteiger partial charge in [-0.3, -0.25) is 4.21 Å². The predicted molar refractivity (Wildman–Crippen MR) is 64.3 cm³/mol. The summed E-state index contributed by atoms with van der Waals surface area (Å²) in [5.41, 5.74) is 2.37. The van der Waals surface area contributed by atoms with Gasteiger partial charge in [0.25, 0.3) is 0 Å². The quantitative estimate of drug-likeness (QED) is 0.834. The van der Waals surface area contributed by atoms with Crippen LogP contribution in [0.3, 0.4) is 0 Å². The minimum atomic E-state index is -0.938. The molecule has 0 radical (unpaired) electrons. The fourth-order valence-electron chi connectivity index (χ4n) is 1.36. The molecule has 0 fully saturated rings. The zero-order valence-corrected chi connectivity index (χ0v) is 10.1. The van der Waals surface area contributed by atoms with Crippen LogP contribution in [-0.2, 0) is 16.6 Å². The van der Waals surface area contributed by atoms with Crippen LogP contribution in [0.2, 0.25) is 0 Å². The Balaban J connectivity index is 2.60. The lowest BCUT2D eigenvalue weighted by atomic mass is 10.0. The number of aliphatic hydroxyl groups is 1. The van der Waals surface area contributed by atoms with Gasteiger partial charge in [-0.15, -0.1) is 0 Å². The first-order chi connectivity index (χ1) is 7.13. The van der Waals surface area contributed by atoms with E-state index in [9.17, 15) is 4.21 Å². The third-order valence-corrected chi connectivity index (χ3v) is 3.59. The summed E-state index contributed by atoms with van der Waals surface area (Å²) in [6.07, 6.45) is 0. The van der Waals surface area contributed by atoms with E-state index in [0.29, 0.717) is 17.4 Å². The molecule has 0 bridgehead atoms. The lowest BCUT2D eigenvalue weighted by Crippen LogP contribution is -2.04. The van der Waals surface area contributed by atoms with Gasteiger partial charge in [0.1, 0.15) is 0 Å². The van der Waals surface area contributed by atoms with Gasteiger partial charge in [0, 0.05) is 22.3 Å². The molecule has 1 rings (SSSR count). The summed E-state index contributed by atoms with van der Waals surface area (Å²) in [7, 11) is -0.938. The molecule has 3 heteroatoms. The van der Waals surface area contributed by atoms with Gasteiger partial charge in [0.05, 0.1) is 6.61 Å². The third-order valence-electron chi connectivity index (χ3n) is 2.29. The van der Waals surface area contributed by atoms with Gasteiger partial charge in [-0.2, -0.15) is 0 Å². The molecule has 84 valence electrons. The number of benzene rings is 1. The van der Waals surface area contributed by atoms with E-state index in [1.165, 1.54) is 5.56 Å². The van der Waals surface area contributed by atoms with Crippen LogP contribution in [0.4, 0.5) is 0 Å². The van der Waals surface area contributed by atoms with Gasteiger partial charge < -0.3 is 5.11 Å². The molecule has 1 atom stereocenters. The standard InChI is InChI=1S/C12H18O2S/c1-10(2)12-5-3-11(4-6-12)9-15(14)8-7-13/h3-6,10,13H,7-9H2,1-2H3. The first-order valence-electron chi connectivity index (χ1n) is 5.18. The molecule has 0 aliphatic rings. The van der Waals surface area contributed by atoms with Crippen molar-refractivity contribution in [1.29, 1.82) is 0 Å². The SMILES string of the molecule is CC(C)c1ccc(CS(=O)CCO)cc1. The number of hydrogen-bond acceptors (Lipinski definition) is 2. The largest absolute Gasteiger partial charge is 0.395 e. The molecule has 0 saturated carbocycles. The van der Waals surface area contributed by atoms with E-state index < -0.39 is 10.8 Å². The van der Waals surface area contributed by atoms with Crippen LogP contribution in [0.15, 0.2) is 24.3 Å². The summed E-state index contributed by atoms with van der Waals surface area (Å²) in [6.45, 7) is 4.30. The lowest BCUT2D eigenvalue weighted by Gasteiger charge is -2.06. The predicted octanol–water partition coefficient (Wildman–Crippen LogP) is 2.05. The van der Waals surface area contributed by atoms with Crippen LogP contribution in [0.25, 0.3) is 0 Å². The Morgan fingerprint density at radius 2 is 1.87 bits per heavy atom. The minimum Gasteiger partial charge on any atom is -0.395 e. The molecule has 15 heavy (non-hydrogen) atoms. The van der Waals surface area contributed by atoms with Crippen molar-refractivity contribution in [2.75, 3.05) is 12.4 Å². The van der Waals surface area contributed by atoms with Crippen molar-refractivity contribution in [3.63, 3.8) is 0 Å². The highest BCUT2D eigenvalue weighted by atomic mass is 32.2. The molecular weight excluding hydrogens is 208 g/mol. The average Bonchev–Trinajstić information content (AvgIpc) is 2.18. The highest BCUT2D eigenvalue weighted by molar-refractivity contribution is 7.84. The minimum absolute atomic E-state index is 0.00328. The molecule has 1 unspecified atom stereocenters. The summed E-state index contributed by atoms with van der Waals surface area (Å²) in [5, 5.41) is 8.64. The molecule has 0 aliphatic heterocycles. The van der Waals surface area contributed by atoms with E-state index in [-0.39, 0.29) is 6.61 Å². The first-order valence-corrected chi connectivity index (χ1v) is 6.67. The molecule has 1 aromatic carbocycles. The molecule has 1 N–H and O–H groups in total. The van der Waals surface area contributed by atoms with Crippen molar-refractivity contribution < 1.29 is 9.32 Å². The van der Waals surface area contributed by atoms with E-state index in [2.05, 4.69) is 26.0 Å². The second kappa shape index (κ2) is 6.03. The van der Waals surface area contributed by atoms with Gasteiger partial charge in [-0.05, 0) is 17.0 Å². The van der Waals surface area contributed by atoms with Crippen LogP contribution < -0.4 is 0 Å². The van der Waals surface area contributed by atoms with Gasteiger partial charge in [0.2, 0.25) is 0 Å². The van der Waals surface area contributed by atoms with Crippen molar-refractivity contribution in [2.45, 2.75) is 25.5 Å². The second-order valence-corrected chi connectivity index (χ2v) is 5.48. The fourth-order valence-corrected chi connectivity index (χ4v) is 2.27. The lowest BCUT2D eigenvalue weighted by molar-refractivity contribution is 0.321. The maximum absolute atomic E-state index is 11.4. The maximum Gasteiger partial charge on any atom is 0.0546 e. The third kappa shape index (κ3) is 4.14. The monoisotopic (exact) mass is 226 g/mol. The molecule has 1 aromatic rings. The topological polar surface area (TPSA) is 37.3 Å². The molecule has 0 heterocycles. The van der Waals surface area contributed by atoms with Gasteiger partial charge >= 0.3 is 0 Å². The average molecular weight is 226 g/mol. The number of aliphatic hydroxyl groups excluding tert-OH is 1.